The number of aromatic amines is 1. The van der Waals surface area contributed by atoms with Crippen LogP contribution in [0.3, 0.4) is 0 Å². The molecule has 0 unspecified atom stereocenters. The van der Waals surface area contributed by atoms with E-state index in [1.165, 1.54) is 6.07 Å². The van der Waals surface area contributed by atoms with E-state index in [0.29, 0.717) is 16.4 Å². The van der Waals surface area contributed by atoms with Crippen LogP contribution < -0.4 is 0 Å². The Kier molecular flexibility index (Phi) is 2.53. The Labute approximate surface area is 107 Å². The maximum Gasteiger partial charge on any atom is 0.262 e. The zero-order chi connectivity index (χ0) is 12.5. The Morgan fingerprint density at radius 2 is 2.17 bits per heavy atom. The summed E-state index contributed by atoms with van der Waals surface area (Å²) in [7, 11) is 0. The molecule has 3 aromatic rings. The van der Waals surface area contributed by atoms with Gasteiger partial charge in [-0.1, -0.05) is 16.8 Å². The normalized spacial score (nSPS) is 10.7. The quantitative estimate of drug-likeness (QED) is 0.743. The van der Waals surface area contributed by atoms with E-state index in [2.05, 4.69) is 15.1 Å². The number of nitrogens with one attached hydrogen (secondary N) is 1. The van der Waals surface area contributed by atoms with Crippen molar-refractivity contribution in [1.82, 2.24) is 15.1 Å². The highest BCUT2D eigenvalue weighted by atomic mass is 35.5. The molecule has 0 fully saturated rings. The number of hydrogen-bond acceptors (Lipinski definition) is 4. The molecule has 0 atom stereocenters. The van der Waals surface area contributed by atoms with Crippen molar-refractivity contribution in [3.05, 3.63) is 41.6 Å². The minimum absolute atomic E-state index is 0.00388. The Bertz CT molecular complexity index is 676. The number of benzene rings is 1. The molecule has 1 aromatic carbocycles. The molecular weight excluding hydrogens is 254 g/mol. The van der Waals surface area contributed by atoms with Gasteiger partial charge in [0.1, 0.15) is 5.75 Å². The highest BCUT2D eigenvalue weighted by Crippen LogP contribution is 2.31. The van der Waals surface area contributed by atoms with Gasteiger partial charge in [-0.25, -0.2) is 0 Å². The molecule has 0 spiro atoms. The van der Waals surface area contributed by atoms with Gasteiger partial charge < -0.3 is 14.6 Å². The van der Waals surface area contributed by atoms with Gasteiger partial charge in [0.05, 0.1) is 11.3 Å². The Morgan fingerprint density at radius 1 is 1.28 bits per heavy atom. The molecule has 0 aliphatic rings. The van der Waals surface area contributed by atoms with Crippen LogP contribution in [0.1, 0.15) is 0 Å². The predicted molar refractivity (Wildman–Crippen MR) is 66.2 cm³/mol. The molecule has 0 bridgehead atoms. The zero-order valence-electron chi connectivity index (χ0n) is 9.09. The third-order valence-electron chi connectivity index (χ3n) is 2.46. The van der Waals surface area contributed by atoms with Gasteiger partial charge in [-0.05, 0) is 30.3 Å². The molecule has 6 heteroatoms. The summed E-state index contributed by atoms with van der Waals surface area (Å²) in [6.45, 7) is 0. The van der Waals surface area contributed by atoms with Crippen molar-refractivity contribution in [2.24, 2.45) is 0 Å². The molecule has 2 N–H and O–H groups in total. The molecule has 0 aliphatic carbocycles. The molecule has 5 nitrogen and oxygen atoms in total. The van der Waals surface area contributed by atoms with Crippen molar-refractivity contribution >= 4 is 11.6 Å². The summed E-state index contributed by atoms with van der Waals surface area (Å²) in [6.07, 6.45) is 1.77. The van der Waals surface area contributed by atoms with E-state index in [4.69, 9.17) is 16.1 Å². The van der Waals surface area contributed by atoms with Gasteiger partial charge in [0, 0.05) is 11.2 Å². The molecule has 0 aliphatic heterocycles. The third kappa shape index (κ3) is 1.84. The topological polar surface area (TPSA) is 74.9 Å². The summed E-state index contributed by atoms with van der Waals surface area (Å²) in [5, 5.41) is 14.0. The Balaban J connectivity index is 2.03. The largest absolute Gasteiger partial charge is 0.507 e. The van der Waals surface area contributed by atoms with Crippen LogP contribution in [-0.4, -0.2) is 20.2 Å². The SMILES string of the molecule is Oc1cc(Cl)ccc1-c1nc(-c2ccc[nH]2)no1. The highest BCUT2D eigenvalue weighted by molar-refractivity contribution is 6.30. The number of H-pyrrole nitrogens is 1. The van der Waals surface area contributed by atoms with Gasteiger partial charge in [-0.2, -0.15) is 4.98 Å². The first-order valence-corrected chi connectivity index (χ1v) is 5.58. The summed E-state index contributed by atoms with van der Waals surface area (Å²) < 4.78 is 5.11. The van der Waals surface area contributed by atoms with E-state index >= 15 is 0 Å². The summed E-state index contributed by atoms with van der Waals surface area (Å²) in [5.41, 5.74) is 1.20. The number of halogens is 1. The van der Waals surface area contributed by atoms with Crippen LogP contribution in [-0.2, 0) is 0 Å². The zero-order valence-corrected chi connectivity index (χ0v) is 9.85. The number of aromatic nitrogens is 3. The minimum Gasteiger partial charge on any atom is -0.507 e. The van der Waals surface area contributed by atoms with Crippen molar-refractivity contribution in [3.63, 3.8) is 0 Å². The lowest BCUT2D eigenvalue weighted by atomic mass is 10.2. The fourth-order valence-corrected chi connectivity index (χ4v) is 1.76. The van der Waals surface area contributed by atoms with Crippen LogP contribution in [0.15, 0.2) is 41.1 Å². The number of nitrogens with zero attached hydrogens (tertiary/aromatic N) is 2. The lowest BCUT2D eigenvalue weighted by Crippen LogP contribution is -1.81. The van der Waals surface area contributed by atoms with E-state index in [1.807, 2.05) is 12.1 Å². The van der Waals surface area contributed by atoms with Crippen molar-refractivity contribution in [2.45, 2.75) is 0 Å². The van der Waals surface area contributed by atoms with Crippen LogP contribution in [0, 0.1) is 0 Å². The first-order valence-electron chi connectivity index (χ1n) is 5.20. The van der Waals surface area contributed by atoms with E-state index in [0.717, 1.165) is 5.69 Å². The van der Waals surface area contributed by atoms with Gasteiger partial charge >= 0.3 is 0 Å². The van der Waals surface area contributed by atoms with Gasteiger partial charge in [-0.3, -0.25) is 0 Å². The second-order valence-electron chi connectivity index (χ2n) is 3.67. The number of hydrogen-bond donors (Lipinski definition) is 2. The maximum absolute atomic E-state index is 9.76. The summed E-state index contributed by atoms with van der Waals surface area (Å²) in [4.78, 5) is 7.17. The fraction of sp³-hybridized carbons (Fsp3) is 0. The molecule has 0 saturated carbocycles. The molecule has 2 heterocycles. The van der Waals surface area contributed by atoms with Crippen LogP contribution in [0.5, 0.6) is 5.75 Å². The lowest BCUT2D eigenvalue weighted by molar-refractivity contribution is 0.425. The molecular formula is C12H8ClN3O2. The van der Waals surface area contributed by atoms with E-state index < -0.39 is 0 Å². The van der Waals surface area contributed by atoms with Crippen LogP contribution >= 0.6 is 11.6 Å². The second-order valence-corrected chi connectivity index (χ2v) is 4.10. The molecule has 0 saturated heterocycles. The Hall–Kier alpha value is -2.27. The van der Waals surface area contributed by atoms with Crippen molar-refractivity contribution in [1.29, 1.82) is 0 Å². The van der Waals surface area contributed by atoms with Crippen LogP contribution in [0.2, 0.25) is 5.02 Å². The Morgan fingerprint density at radius 3 is 2.89 bits per heavy atom. The molecule has 0 amide bonds. The van der Waals surface area contributed by atoms with Crippen LogP contribution in [0.25, 0.3) is 23.0 Å². The third-order valence-corrected chi connectivity index (χ3v) is 2.69. The lowest BCUT2D eigenvalue weighted by Gasteiger charge is -1.98. The smallest absolute Gasteiger partial charge is 0.262 e. The van der Waals surface area contributed by atoms with Gasteiger partial charge in [0.2, 0.25) is 5.82 Å². The molecule has 2 aromatic heterocycles. The average Bonchev–Trinajstić information content (AvgIpc) is 2.99. The molecule has 3 rings (SSSR count). The van der Waals surface area contributed by atoms with Crippen molar-refractivity contribution in [2.75, 3.05) is 0 Å². The second kappa shape index (κ2) is 4.19. The van der Waals surface area contributed by atoms with Crippen molar-refractivity contribution in [3.8, 4) is 28.7 Å². The van der Waals surface area contributed by atoms with Crippen molar-refractivity contribution < 1.29 is 9.63 Å². The summed E-state index contributed by atoms with van der Waals surface area (Å²) >= 11 is 5.76. The number of phenolic OH excluding ortho intramolecular Hbond substituents is 1. The first-order chi connectivity index (χ1) is 8.74. The van der Waals surface area contributed by atoms with E-state index in [-0.39, 0.29) is 11.6 Å². The predicted octanol–water partition coefficient (Wildman–Crippen LogP) is 3.09. The number of rotatable bonds is 2. The summed E-state index contributed by atoms with van der Waals surface area (Å²) in [6, 6.07) is 8.37. The molecule has 90 valence electrons. The number of aromatic hydroxyl groups is 1. The van der Waals surface area contributed by atoms with Crippen LogP contribution in [0.4, 0.5) is 0 Å². The monoisotopic (exact) mass is 261 g/mol. The minimum atomic E-state index is 0.00388. The van der Waals surface area contributed by atoms with E-state index in [1.54, 1.807) is 18.3 Å². The highest BCUT2D eigenvalue weighted by Gasteiger charge is 2.14. The molecule has 0 radical (unpaired) electrons. The van der Waals surface area contributed by atoms with E-state index in [9.17, 15) is 5.11 Å². The first kappa shape index (κ1) is 10.9. The fourth-order valence-electron chi connectivity index (χ4n) is 1.60. The summed E-state index contributed by atoms with van der Waals surface area (Å²) in [5.74, 6) is 0.683. The van der Waals surface area contributed by atoms with Gasteiger partial charge in [0.25, 0.3) is 5.89 Å². The maximum atomic E-state index is 9.76. The molecule has 18 heavy (non-hydrogen) atoms. The average molecular weight is 262 g/mol. The standard InChI is InChI=1S/C12H8ClN3O2/c13-7-3-4-8(10(17)6-7)12-15-11(16-18-12)9-2-1-5-14-9/h1-6,14,17H. The van der Waals surface area contributed by atoms with Gasteiger partial charge in [0.15, 0.2) is 0 Å². The van der Waals surface area contributed by atoms with Gasteiger partial charge in [-0.15, -0.1) is 0 Å². The number of phenols is 1.